The molecule has 2 unspecified atom stereocenters. The average Bonchev–Trinajstić information content (AvgIpc) is 2.23. The summed E-state index contributed by atoms with van der Waals surface area (Å²) in [6.45, 7) is 11.5. The minimum atomic E-state index is 0.119. The Kier molecular flexibility index (Phi) is 7.25. The Morgan fingerprint density at radius 1 is 1.20 bits per heavy atom. The fourth-order valence-corrected chi connectivity index (χ4v) is 2.09. The van der Waals surface area contributed by atoms with Crippen molar-refractivity contribution in [1.82, 2.24) is 0 Å². The van der Waals surface area contributed by atoms with Gasteiger partial charge in [-0.1, -0.05) is 60.3 Å². The summed E-state index contributed by atoms with van der Waals surface area (Å²) in [6, 6.07) is 0. The second-order valence-corrected chi connectivity index (χ2v) is 5.59. The van der Waals surface area contributed by atoms with Crippen LogP contribution in [0.4, 0.5) is 0 Å². The van der Waals surface area contributed by atoms with E-state index in [1.165, 1.54) is 32.1 Å². The van der Waals surface area contributed by atoms with Crippen molar-refractivity contribution in [3.05, 3.63) is 0 Å². The highest BCUT2D eigenvalue weighted by Crippen LogP contribution is 2.36. The highest BCUT2D eigenvalue weighted by Gasteiger charge is 2.29. The standard InChI is InChI=1S/C14H30O/c1-6-8-9-13(7-2)10-14(5,11-15)12(3)4/h12-13,15H,6-11H2,1-5H3. The predicted octanol–water partition coefficient (Wildman–Crippen LogP) is 4.25. The first-order chi connectivity index (χ1) is 7.00. The Balaban J connectivity index is 4.23. The Labute approximate surface area is 96.3 Å². The van der Waals surface area contributed by atoms with Crippen LogP contribution in [0.5, 0.6) is 0 Å². The van der Waals surface area contributed by atoms with Gasteiger partial charge in [0.15, 0.2) is 0 Å². The molecule has 1 N–H and O–H groups in total. The van der Waals surface area contributed by atoms with Gasteiger partial charge >= 0.3 is 0 Å². The van der Waals surface area contributed by atoms with E-state index < -0.39 is 0 Å². The van der Waals surface area contributed by atoms with Gasteiger partial charge in [0, 0.05) is 6.61 Å². The summed E-state index contributed by atoms with van der Waals surface area (Å²) in [5, 5.41) is 9.53. The van der Waals surface area contributed by atoms with Crippen molar-refractivity contribution >= 4 is 0 Å². The zero-order chi connectivity index (χ0) is 11.9. The smallest absolute Gasteiger partial charge is 0.0487 e. The van der Waals surface area contributed by atoms with Crippen molar-refractivity contribution in [1.29, 1.82) is 0 Å². The van der Waals surface area contributed by atoms with Gasteiger partial charge in [0.2, 0.25) is 0 Å². The zero-order valence-corrected chi connectivity index (χ0v) is 11.3. The summed E-state index contributed by atoms with van der Waals surface area (Å²) >= 11 is 0. The molecule has 0 aliphatic heterocycles. The third-order valence-electron chi connectivity index (χ3n) is 4.05. The zero-order valence-electron chi connectivity index (χ0n) is 11.3. The SMILES string of the molecule is CCCCC(CC)CC(C)(CO)C(C)C. The van der Waals surface area contributed by atoms with Crippen LogP contribution >= 0.6 is 0 Å². The summed E-state index contributed by atoms with van der Waals surface area (Å²) in [6.07, 6.45) is 6.38. The van der Waals surface area contributed by atoms with Crippen LogP contribution in [0.1, 0.15) is 66.7 Å². The van der Waals surface area contributed by atoms with Gasteiger partial charge in [0.05, 0.1) is 0 Å². The van der Waals surface area contributed by atoms with Gasteiger partial charge in [-0.25, -0.2) is 0 Å². The highest BCUT2D eigenvalue weighted by molar-refractivity contribution is 4.79. The lowest BCUT2D eigenvalue weighted by Gasteiger charge is -2.35. The molecule has 15 heavy (non-hydrogen) atoms. The highest BCUT2D eigenvalue weighted by atomic mass is 16.3. The molecule has 0 spiro atoms. The van der Waals surface area contributed by atoms with Crippen molar-refractivity contribution in [2.24, 2.45) is 17.3 Å². The molecule has 92 valence electrons. The maximum Gasteiger partial charge on any atom is 0.0487 e. The summed E-state index contributed by atoms with van der Waals surface area (Å²) in [4.78, 5) is 0. The van der Waals surface area contributed by atoms with Gasteiger partial charge in [0.1, 0.15) is 0 Å². The Morgan fingerprint density at radius 2 is 1.80 bits per heavy atom. The van der Waals surface area contributed by atoms with E-state index in [1.54, 1.807) is 0 Å². The van der Waals surface area contributed by atoms with Crippen LogP contribution in [0, 0.1) is 17.3 Å². The molecule has 0 aromatic carbocycles. The third kappa shape index (κ3) is 5.01. The Morgan fingerprint density at radius 3 is 2.13 bits per heavy atom. The van der Waals surface area contributed by atoms with E-state index in [2.05, 4.69) is 34.6 Å². The minimum absolute atomic E-state index is 0.119. The fourth-order valence-electron chi connectivity index (χ4n) is 2.09. The van der Waals surface area contributed by atoms with E-state index in [1.807, 2.05) is 0 Å². The van der Waals surface area contributed by atoms with E-state index >= 15 is 0 Å². The molecule has 0 fully saturated rings. The van der Waals surface area contributed by atoms with Crippen molar-refractivity contribution in [3.63, 3.8) is 0 Å². The number of unbranched alkanes of at least 4 members (excludes halogenated alkanes) is 1. The van der Waals surface area contributed by atoms with Crippen LogP contribution < -0.4 is 0 Å². The van der Waals surface area contributed by atoms with Gasteiger partial charge < -0.3 is 5.11 Å². The monoisotopic (exact) mass is 214 g/mol. The molecule has 2 atom stereocenters. The second-order valence-electron chi connectivity index (χ2n) is 5.59. The molecule has 0 radical (unpaired) electrons. The number of rotatable bonds is 8. The molecule has 0 saturated heterocycles. The summed E-state index contributed by atoms with van der Waals surface area (Å²) in [7, 11) is 0. The van der Waals surface area contributed by atoms with E-state index in [-0.39, 0.29) is 5.41 Å². The number of hydrogen-bond donors (Lipinski definition) is 1. The Hall–Kier alpha value is -0.0400. The van der Waals surface area contributed by atoms with Crippen LogP contribution in [-0.2, 0) is 0 Å². The van der Waals surface area contributed by atoms with E-state index in [0.717, 1.165) is 5.92 Å². The summed E-state index contributed by atoms with van der Waals surface area (Å²) < 4.78 is 0. The second kappa shape index (κ2) is 7.27. The molecule has 0 heterocycles. The molecule has 0 saturated carbocycles. The molecule has 0 aromatic rings. The molecule has 0 aliphatic rings. The van der Waals surface area contributed by atoms with Crippen LogP contribution in [-0.4, -0.2) is 11.7 Å². The lowest BCUT2D eigenvalue weighted by Crippen LogP contribution is -2.30. The van der Waals surface area contributed by atoms with Crippen LogP contribution in [0.2, 0.25) is 0 Å². The molecule has 0 aromatic heterocycles. The van der Waals surface area contributed by atoms with Gasteiger partial charge in [-0.15, -0.1) is 0 Å². The quantitative estimate of drug-likeness (QED) is 0.640. The maximum atomic E-state index is 9.53. The first-order valence-corrected chi connectivity index (χ1v) is 6.61. The molecule has 0 aliphatic carbocycles. The summed E-state index contributed by atoms with van der Waals surface area (Å²) in [5.41, 5.74) is 0.119. The Bertz CT molecular complexity index is 153. The van der Waals surface area contributed by atoms with Gasteiger partial charge in [0.25, 0.3) is 0 Å². The normalized spacial score (nSPS) is 17.8. The van der Waals surface area contributed by atoms with E-state index in [9.17, 15) is 5.11 Å². The number of hydrogen-bond acceptors (Lipinski definition) is 1. The predicted molar refractivity (Wildman–Crippen MR) is 68.0 cm³/mol. The molecule has 1 heteroatoms. The van der Waals surface area contributed by atoms with Crippen LogP contribution in [0.3, 0.4) is 0 Å². The summed E-state index contributed by atoms with van der Waals surface area (Å²) in [5.74, 6) is 1.36. The molecular formula is C14H30O. The van der Waals surface area contributed by atoms with Gasteiger partial charge in [-0.3, -0.25) is 0 Å². The topological polar surface area (TPSA) is 20.2 Å². The number of aliphatic hydroxyl groups is 1. The fraction of sp³-hybridized carbons (Fsp3) is 1.00. The van der Waals surface area contributed by atoms with Gasteiger partial charge in [-0.2, -0.15) is 0 Å². The molecule has 0 bridgehead atoms. The van der Waals surface area contributed by atoms with E-state index in [4.69, 9.17) is 0 Å². The lowest BCUT2D eigenvalue weighted by atomic mass is 9.72. The van der Waals surface area contributed by atoms with Crippen LogP contribution in [0.25, 0.3) is 0 Å². The third-order valence-corrected chi connectivity index (χ3v) is 4.05. The molecular weight excluding hydrogens is 184 g/mol. The molecule has 0 rings (SSSR count). The van der Waals surface area contributed by atoms with Crippen molar-refractivity contribution < 1.29 is 5.11 Å². The van der Waals surface area contributed by atoms with Crippen molar-refractivity contribution in [2.45, 2.75) is 66.7 Å². The van der Waals surface area contributed by atoms with Crippen molar-refractivity contribution in [2.75, 3.05) is 6.61 Å². The molecule has 1 nitrogen and oxygen atoms in total. The van der Waals surface area contributed by atoms with Crippen LogP contribution in [0.15, 0.2) is 0 Å². The molecule has 0 amide bonds. The first-order valence-electron chi connectivity index (χ1n) is 6.61. The number of aliphatic hydroxyl groups excluding tert-OH is 1. The average molecular weight is 214 g/mol. The van der Waals surface area contributed by atoms with Gasteiger partial charge in [-0.05, 0) is 23.7 Å². The first kappa shape index (κ1) is 15.0. The maximum absolute atomic E-state index is 9.53. The van der Waals surface area contributed by atoms with Crippen molar-refractivity contribution in [3.8, 4) is 0 Å². The largest absolute Gasteiger partial charge is 0.396 e. The minimum Gasteiger partial charge on any atom is -0.396 e. The van der Waals surface area contributed by atoms with E-state index in [0.29, 0.717) is 12.5 Å². The lowest BCUT2D eigenvalue weighted by molar-refractivity contribution is 0.0644.